The first-order chi connectivity index (χ1) is 5.29. The summed E-state index contributed by atoms with van der Waals surface area (Å²) in [7, 11) is 0. The molecule has 2 nitrogen and oxygen atoms in total. The highest BCUT2D eigenvalue weighted by atomic mass is 16.5. The summed E-state index contributed by atoms with van der Waals surface area (Å²) in [5, 5.41) is 0. The van der Waals surface area contributed by atoms with Crippen LogP contribution in [0, 0.1) is 5.92 Å². The summed E-state index contributed by atoms with van der Waals surface area (Å²) in [5.74, 6) is 0.464. The minimum absolute atomic E-state index is 0.0989. The molecule has 1 aliphatic carbocycles. The molecule has 1 fully saturated rings. The Morgan fingerprint density at radius 1 is 1.55 bits per heavy atom. The zero-order valence-electron chi connectivity index (χ0n) is 6.72. The van der Waals surface area contributed by atoms with Gasteiger partial charge in [0.2, 0.25) is 0 Å². The van der Waals surface area contributed by atoms with Crippen LogP contribution in [0.25, 0.3) is 0 Å². The first-order valence-corrected chi connectivity index (χ1v) is 4.16. The molecule has 0 saturated heterocycles. The fraction of sp³-hybridized carbons (Fsp3) is 0.667. The van der Waals surface area contributed by atoms with Crippen molar-refractivity contribution in [2.45, 2.75) is 26.2 Å². The molecule has 0 aromatic rings. The second-order valence-corrected chi connectivity index (χ2v) is 3.34. The Balaban J connectivity index is 2.35. The summed E-state index contributed by atoms with van der Waals surface area (Å²) in [5.41, 5.74) is 2.24. The van der Waals surface area contributed by atoms with E-state index in [2.05, 4.69) is 0 Å². The first kappa shape index (κ1) is 6.89. The molecule has 2 heteroatoms. The SMILES string of the molecule is CC1=C2CCCC2COC1=O. The molecule has 1 atom stereocenters. The van der Waals surface area contributed by atoms with Crippen LogP contribution < -0.4 is 0 Å². The van der Waals surface area contributed by atoms with Crippen molar-refractivity contribution in [1.82, 2.24) is 0 Å². The third kappa shape index (κ3) is 0.971. The van der Waals surface area contributed by atoms with Crippen LogP contribution >= 0.6 is 0 Å². The number of hydrogen-bond donors (Lipinski definition) is 0. The summed E-state index contributed by atoms with van der Waals surface area (Å²) in [4.78, 5) is 11.1. The van der Waals surface area contributed by atoms with Gasteiger partial charge in [0.1, 0.15) is 0 Å². The average molecular weight is 152 g/mol. The lowest BCUT2D eigenvalue weighted by atomic mass is 9.97. The van der Waals surface area contributed by atoms with E-state index in [1.54, 1.807) is 0 Å². The summed E-state index contributed by atoms with van der Waals surface area (Å²) >= 11 is 0. The highest BCUT2D eigenvalue weighted by molar-refractivity contribution is 5.89. The Hall–Kier alpha value is -0.790. The molecule has 0 amide bonds. The van der Waals surface area contributed by atoms with Gasteiger partial charge < -0.3 is 4.74 Å². The van der Waals surface area contributed by atoms with Crippen molar-refractivity contribution < 1.29 is 9.53 Å². The summed E-state index contributed by atoms with van der Waals surface area (Å²) in [6.07, 6.45) is 3.56. The fourth-order valence-corrected chi connectivity index (χ4v) is 2.01. The number of rotatable bonds is 0. The summed E-state index contributed by atoms with van der Waals surface area (Å²) in [6, 6.07) is 0. The van der Waals surface area contributed by atoms with E-state index in [1.165, 1.54) is 18.4 Å². The molecule has 0 aromatic heterocycles. The minimum atomic E-state index is -0.0989. The molecule has 0 bridgehead atoms. The summed E-state index contributed by atoms with van der Waals surface area (Å²) in [6.45, 7) is 2.51. The molecular weight excluding hydrogens is 140 g/mol. The maximum atomic E-state index is 11.1. The molecule has 1 aliphatic heterocycles. The number of carbonyl (C=O) groups is 1. The number of ether oxygens (including phenoxy) is 1. The van der Waals surface area contributed by atoms with Gasteiger partial charge in [-0.05, 0) is 26.2 Å². The van der Waals surface area contributed by atoms with Crippen LogP contribution in [0.4, 0.5) is 0 Å². The van der Waals surface area contributed by atoms with Crippen molar-refractivity contribution in [3.8, 4) is 0 Å². The van der Waals surface area contributed by atoms with E-state index in [0.717, 1.165) is 12.0 Å². The minimum Gasteiger partial charge on any atom is -0.462 e. The van der Waals surface area contributed by atoms with Crippen LogP contribution in [0.1, 0.15) is 26.2 Å². The van der Waals surface area contributed by atoms with E-state index in [0.29, 0.717) is 12.5 Å². The number of cyclic esters (lactones) is 1. The first-order valence-electron chi connectivity index (χ1n) is 4.16. The second kappa shape index (κ2) is 2.36. The topological polar surface area (TPSA) is 26.3 Å². The summed E-state index contributed by atoms with van der Waals surface area (Å²) < 4.78 is 5.01. The molecule has 11 heavy (non-hydrogen) atoms. The molecule has 1 saturated carbocycles. The van der Waals surface area contributed by atoms with Crippen molar-refractivity contribution in [2.75, 3.05) is 6.61 Å². The maximum Gasteiger partial charge on any atom is 0.333 e. The van der Waals surface area contributed by atoms with Gasteiger partial charge in [-0.2, -0.15) is 0 Å². The van der Waals surface area contributed by atoms with E-state index in [9.17, 15) is 4.79 Å². The van der Waals surface area contributed by atoms with Gasteiger partial charge in [0, 0.05) is 11.5 Å². The molecule has 0 radical (unpaired) electrons. The molecular formula is C9H12O2. The Bertz CT molecular complexity index is 228. The molecule has 60 valence electrons. The van der Waals surface area contributed by atoms with E-state index >= 15 is 0 Å². The molecule has 1 unspecified atom stereocenters. The van der Waals surface area contributed by atoms with E-state index < -0.39 is 0 Å². The van der Waals surface area contributed by atoms with Crippen LogP contribution in [0.2, 0.25) is 0 Å². The molecule has 0 spiro atoms. The van der Waals surface area contributed by atoms with Crippen molar-refractivity contribution in [3.05, 3.63) is 11.1 Å². The van der Waals surface area contributed by atoms with Gasteiger partial charge in [0.15, 0.2) is 0 Å². The fourth-order valence-electron chi connectivity index (χ4n) is 2.01. The highest BCUT2D eigenvalue weighted by Gasteiger charge is 2.30. The highest BCUT2D eigenvalue weighted by Crippen LogP contribution is 2.36. The van der Waals surface area contributed by atoms with Crippen LogP contribution in [-0.2, 0) is 9.53 Å². The standard InChI is InChI=1S/C9H12O2/c1-6-8-4-2-3-7(8)5-11-9(6)10/h7H,2-5H2,1H3. The third-order valence-electron chi connectivity index (χ3n) is 2.69. The van der Waals surface area contributed by atoms with E-state index in [4.69, 9.17) is 4.74 Å². The van der Waals surface area contributed by atoms with Gasteiger partial charge in [-0.1, -0.05) is 5.57 Å². The van der Waals surface area contributed by atoms with Gasteiger partial charge in [-0.15, -0.1) is 0 Å². The number of esters is 1. The quantitative estimate of drug-likeness (QED) is 0.493. The van der Waals surface area contributed by atoms with Crippen molar-refractivity contribution >= 4 is 5.97 Å². The molecule has 0 N–H and O–H groups in total. The molecule has 2 aliphatic rings. The molecule has 1 heterocycles. The lowest BCUT2D eigenvalue weighted by Crippen LogP contribution is -2.21. The Kier molecular flexibility index (Phi) is 1.48. The lowest BCUT2D eigenvalue weighted by molar-refractivity contribution is -0.141. The van der Waals surface area contributed by atoms with Gasteiger partial charge in [0.05, 0.1) is 6.61 Å². The van der Waals surface area contributed by atoms with E-state index in [1.807, 2.05) is 6.92 Å². The maximum absolute atomic E-state index is 11.1. The third-order valence-corrected chi connectivity index (χ3v) is 2.69. The monoisotopic (exact) mass is 152 g/mol. The van der Waals surface area contributed by atoms with Crippen molar-refractivity contribution in [3.63, 3.8) is 0 Å². The normalized spacial score (nSPS) is 30.3. The Labute approximate surface area is 66.2 Å². The van der Waals surface area contributed by atoms with Gasteiger partial charge >= 0.3 is 5.97 Å². The van der Waals surface area contributed by atoms with Crippen LogP contribution in [0.5, 0.6) is 0 Å². The molecule has 0 aromatic carbocycles. The van der Waals surface area contributed by atoms with Crippen molar-refractivity contribution in [2.24, 2.45) is 5.92 Å². The van der Waals surface area contributed by atoms with Gasteiger partial charge in [-0.25, -0.2) is 4.79 Å². The van der Waals surface area contributed by atoms with E-state index in [-0.39, 0.29) is 5.97 Å². The largest absolute Gasteiger partial charge is 0.462 e. The number of carbonyl (C=O) groups excluding carboxylic acids is 1. The molecule has 2 rings (SSSR count). The number of hydrogen-bond acceptors (Lipinski definition) is 2. The van der Waals surface area contributed by atoms with Crippen molar-refractivity contribution in [1.29, 1.82) is 0 Å². The second-order valence-electron chi connectivity index (χ2n) is 3.34. The van der Waals surface area contributed by atoms with Crippen LogP contribution in [0.15, 0.2) is 11.1 Å². The Morgan fingerprint density at radius 3 is 3.18 bits per heavy atom. The smallest absolute Gasteiger partial charge is 0.333 e. The average Bonchev–Trinajstić information content (AvgIpc) is 2.45. The number of fused-ring (bicyclic) bond motifs is 1. The lowest BCUT2D eigenvalue weighted by Gasteiger charge is -2.20. The zero-order valence-corrected chi connectivity index (χ0v) is 6.72. The van der Waals surface area contributed by atoms with Gasteiger partial charge in [0.25, 0.3) is 0 Å². The predicted octanol–water partition coefficient (Wildman–Crippen LogP) is 1.66. The Morgan fingerprint density at radius 2 is 2.36 bits per heavy atom. The zero-order chi connectivity index (χ0) is 7.84. The predicted molar refractivity (Wildman–Crippen MR) is 41.0 cm³/mol. The van der Waals surface area contributed by atoms with Crippen LogP contribution in [0.3, 0.4) is 0 Å². The van der Waals surface area contributed by atoms with Crippen LogP contribution in [-0.4, -0.2) is 12.6 Å². The van der Waals surface area contributed by atoms with Gasteiger partial charge in [-0.3, -0.25) is 0 Å².